The Morgan fingerprint density at radius 3 is 2.56 bits per heavy atom. The molecule has 1 aliphatic heterocycles. The van der Waals surface area contributed by atoms with Crippen molar-refractivity contribution in [3.05, 3.63) is 83.3 Å². The highest BCUT2D eigenvalue weighted by Crippen LogP contribution is 2.32. The molecular formula is C25H28ClN5O. The predicted octanol–water partition coefficient (Wildman–Crippen LogP) is 4.97. The van der Waals surface area contributed by atoms with Crippen molar-refractivity contribution in [3.63, 3.8) is 0 Å². The summed E-state index contributed by atoms with van der Waals surface area (Å²) in [6, 6.07) is 15.4. The quantitative estimate of drug-likeness (QED) is 0.474. The number of pyridine rings is 2. The van der Waals surface area contributed by atoms with E-state index in [1.54, 1.807) is 12.1 Å². The number of carbonyl (C=O) groups excluding carboxylic acids is 1. The predicted molar refractivity (Wildman–Crippen MR) is 129 cm³/mol. The van der Waals surface area contributed by atoms with Crippen LogP contribution in [0.4, 0.5) is 11.5 Å². The lowest BCUT2D eigenvalue weighted by Crippen LogP contribution is -2.41. The van der Waals surface area contributed by atoms with Crippen molar-refractivity contribution in [1.82, 2.24) is 15.3 Å². The van der Waals surface area contributed by atoms with Gasteiger partial charge in [-0.1, -0.05) is 30.7 Å². The lowest BCUT2D eigenvalue weighted by Gasteiger charge is -2.36. The Hall–Kier alpha value is -2.96. The third-order valence-corrected chi connectivity index (χ3v) is 6.35. The molecule has 1 amide bonds. The van der Waals surface area contributed by atoms with Gasteiger partial charge >= 0.3 is 0 Å². The number of para-hydroxylation sites is 1. The number of nitrogens with zero attached hydrogens (tertiary/aromatic N) is 2. The summed E-state index contributed by atoms with van der Waals surface area (Å²) < 4.78 is 0. The van der Waals surface area contributed by atoms with Crippen LogP contribution < -0.4 is 16.0 Å². The van der Waals surface area contributed by atoms with Crippen LogP contribution in [0.5, 0.6) is 0 Å². The molecule has 1 aliphatic rings. The van der Waals surface area contributed by atoms with Crippen LogP contribution in [0.15, 0.2) is 67.1 Å². The highest BCUT2D eigenvalue weighted by Gasteiger charge is 2.30. The maximum atomic E-state index is 13.1. The number of piperidine rings is 1. The van der Waals surface area contributed by atoms with Gasteiger partial charge in [-0.15, -0.1) is 0 Å². The molecular weight excluding hydrogens is 422 g/mol. The number of carbonyl (C=O) groups is 1. The van der Waals surface area contributed by atoms with E-state index in [2.05, 4.69) is 45.0 Å². The molecule has 2 atom stereocenters. The summed E-state index contributed by atoms with van der Waals surface area (Å²) in [6.07, 6.45) is 7.38. The molecule has 1 saturated heterocycles. The molecule has 0 aliphatic carbocycles. The van der Waals surface area contributed by atoms with E-state index in [4.69, 9.17) is 11.6 Å². The summed E-state index contributed by atoms with van der Waals surface area (Å²) in [4.78, 5) is 21.4. The van der Waals surface area contributed by atoms with E-state index in [9.17, 15) is 4.79 Å². The first kappa shape index (κ1) is 22.2. The maximum Gasteiger partial charge on any atom is 0.258 e. The highest BCUT2D eigenvalue weighted by atomic mass is 35.5. The van der Waals surface area contributed by atoms with Gasteiger partial charge in [-0.3, -0.25) is 9.78 Å². The molecule has 0 radical (unpaired) electrons. The number of anilines is 2. The summed E-state index contributed by atoms with van der Waals surface area (Å²) in [5.41, 5.74) is 2.65. The van der Waals surface area contributed by atoms with Crippen molar-refractivity contribution in [2.45, 2.75) is 31.7 Å². The van der Waals surface area contributed by atoms with E-state index in [0.29, 0.717) is 22.3 Å². The van der Waals surface area contributed by atoms with Crippen LogP contribution in [0.2, 0.25) is 5.02 Å². The minimum absolute atomic E-state index is 0.183. The van der Waals surface area contributed by atoms with Crippen LogP contribution in [0.3, 0.4) is 0 Å². The van der Waals surface area contributed by atoms with Crippen LogP contribution in [0, 0.1) is 5.92 Å². The van der Waals surface area contributed by atoms with Crippen molar-refractivity contribution in [3.8, 4) is 0 Å². The van der Waals surface area contributed by atoms with Crippen molar-refractivity contribution >= 4 is 29.0 Å². The van der Waals surface area contributed by atoms with Crippen molar-refractivity contribution in [2.24, 2.45) is 5.92 Å². The van der Waals surface area contributed by atoms with Crippen LogP contribution in [-0.4, -0.2) is 35.0 Å². The van der Waals surface area contributed by atoms with Gasteiger partial charge in [0.2, 0.25) is 0 Å². The largest absolute Gasteiger partial charge is 0.381 e. The first-order valence-corrected chi connectivity index (χ1v) is 11.4. The van der Waals surface area contributed by atoms with Crippen LogP contribution in [0.25, 0.3) is 0 Å². The van der Waals surface area contributed by atoms with Crippen LogP contribution in [-0.2, 0) is 0 Å². The standard InChI is InChI=1S/C25H28ClN5O/c1-17(18-8-12-27-13-9-18)24(19-10-14-28-15-11-19)30-22-5-3-2-4-21(22)25(32)31-23-7-6-20(26)16-29-23/h2-9,12-13,16-17,19,24,28,30H,10-11,14-15H2,1H3,(H,29,31,32). The average molecular weight is 450 g/mol. The molecule has 1 aromatic carbocycles. The minimum Gasteiger partial charge on any atom is -0.381 e. The maximum absolute atomic E-state index is 13.1. The van der Waals surface area contributed by atoms with Gasteiger partial charge in [0.25, 0.3) is 5.91 Å². The van der Waals surface area contributed by atoms with Gasteiger partial charge in [0.05, 0.1) is 10.6 Å². The van der Waals surface area contributed by atoms with Gasteiger partial charge in [0.1, 0.15) is 5.82 Å². The second kappa shape index (κ2) is 10.6. The van der Waals surface area contributed by atoms with Gasteiger partial charge in [-0.25, -0.2) is 4.98 Å². The summed E-state index contributed by atoms with van der Waals surface area (Å²) >= 11 is 5.91. The molecule has 0 spiro atoms. The molecule has 166 valence electrons. The lowest BCUT2D eigenvalue weighted by molar-refractivity contribution is 0.102. The number of benzene rings is 1. The Morgan fingerprint density at radius 2 is 1.84 bits per heavy atom. The fourth-order valence-corrected chi connectivity index (χ4v) is 4.46. The molecule has 0 bridgehead atoms. The Balaban J connectivity index is 1.59. The Labute approximate surface area is 193 Å². The molecule has 4 rings (SSSR count). The molecule has 2 aromatic heterocycles. The van der Waals surface area contributed by atoms with Gasteiger partial charge in [-0.05, 0) is 73.8 Å². The lowest BCUT2D eigenvalue weighted by atomic mass is 9.80. The number of nitrogens with one attached hydrogen (secondary N) is 3. The Kier molecular flexibility index (Phi) is 7.35. The molecule has 0 saturated carbocycles. The van der Waals surface area contributed by atoms with Gasteiger partial charge in [0.15, 0.2) is 0 Å². The third-order valence-electron chi connectivity index (χ3n) is 6.13. The first-order chi connectivity index (χ1) is 15.6. The van der Waals surface area contributed by atoms with E-state index >= 15 is 0 Å². The number of halogens is 1. The van der Waals surface area contributed by atoms with Crippen molar-refractivity contribution < 1.29 is 4.79 Å². The van der Waals surface area contributed by atoms with E-state index < -0.39 is 0 Å². The second-order valence-electron chi connectivity index (χ2n) is 8.19. The third kappa shape index (κ3) is 5.44. The summed E-state index contributed by atoms with van der Waals surface area (Å²) in [5.74, 6) is 1.02. The molecule has 3 heterocycles. The molecule has 6 nitrogen and oxygen atoms in total. The van der Waals surface area contributed by atoms with E-state index in [0.717, 1.165) is 31.6 Å². The molecule has 32 heavy (non-hydrogen) atoms. The molecule has 7 heteroatoms. The average Bonchev–Trinajstić information content (AvgIpc) is 2.85. The molecule has 2 unspecified atom stereocenters. The second-order valence-corrected chi connectivity index (χ2v) is 8.62. The normalized spacial score (nSPS) is 16.2. The van der Waals surface area contributed by atoms with Gasteiger partial charge < -0.3 is 16.0 Å². The van der Waals surface area contributed by atoms with Gasteiger partial charge in [-0.2, -0.15) is 0 Å². The Bertz CT molecular complexity index is 1020. The number of hydrogen-bond acceptors (Lipinski definition) is 5. The smallest absolute Gasteiger partial charge is 0.258 e. The molecule has 1 fully saturated rings. The summed E-state index contributed by atoms with van der Waals surface area (Å²) in [5, 5.41) is 10.6. The van der Waals surface area contributed by atoms with Gasteiger partial charge in [0, 0.05) is 36.2 Å². The number of aromatic nitrogens is 2. The first-order valence-electron chi connectivity index (χ1n) is 11.0. The molecule has 3 aromatic rings. The minimum atomic E-state index is -0.205. The van der Waals surface area contributed by atoms with E-state index in [1.165, 1.54) is 11.8 Å². The topological polar surface area (TPSA) is 78.9 Å². The van der Waals surface area contributed by atoms with Crippen LogP contribution >= 0.6 is 11.6 Å². The fraction of sp³-hybridized carbons (Fsp3) is 0.320. The zero-order valence-corrected chi connectivity index (χ0v) is 18.8. The molecule has 3 N–H and O–H groups in total. The van der Waals surface area contributed by atoms with Crippen molar-refractivity contribution in [1.29, 1.82) is 0 Å². The Morgan fingerprint density at radius 1 is 1.09 bits per heavy atom. The van der Waals surface area contributed by atoms with E-state index in [1.807, 2.05) is 36.7 Å². The zero-order valence-electron chi connectivity index (χ0n) is 18.1. The summed E-state index contributed by atoms with van der Waals surface area (Å²) in [6.45, 7) is 4.27. The fourth-order valence-electron chi connectivity index (χ4n) is 4.35. The van der Waals surface area contributed by atoms with E-state index in [-0.39, 0.29) is 17.9 Å². The summed E-state index contributed by atoms with van der Waals surface area (Å²) in [7, 11) is 0. The monoisotopic (exact) mass is 449 g/mol. The van der Waals surface area contributed by atoms with Crippen LogP contribution in [0.1, 0.15) is 41.6 Å². The number of amides is 1. The zero-order chi connectivity index (χ0) is 22.3. The number of hydrogen-bond donors (Lipinski definition) is 3. The highest BCUT2D eigenvalue weighted by molar-refractivity contribution is 6.30. The number of rotatable bonds is 7. The van der Waals surface area contributed by atoms with Crippen molar-refractivity contribution in [2.75, 3.05) is 23.7 Å². The SMILES string of the molecule is CC(c1ccncc1)C(Nc1ccccc1C(=O)Nc1ccc(Cl)cn1)C1CCNCC1.